The molecule has 1 aliphatic rings. The Labute approximate surface area is 164 Å². The summed E-state index contributed by atoms with van der Waals surface area (Å²) in [5.41, 5.74) is 2.39. The monoisotopic (exact) mass is 385 g/mol. The van der Waals surface area contributed by atoms with Crippen molar-refractivity contribution in [1.29, 1.82) is 0 Å². The van der Waals surface area contributed by atoms with E-state index in [1.807, 2.05) is 55.4 Å². The quantitative estimate of drug-likeness (QED) is 0.828. The maximum atomic E-state index is 12.5. The zero-order chi connectivity index (χ0) is 19.4. The molecule has 0 bridgehead atoms. The van der Waals surface area contributed by atoms with Crippen LogP contribution in [0.2, 0.25) is 5.02 Å². The van der Waals surface area contributed by atoms with E-state index in [0.717, 1.165) is 24.2 Å². The van der Waals surface area contributed by atoms with E-state index in [1.165, 1.54) is 0 Å². The van der Waals surface area contributed by atoms with Crippen LogP contribution in [0.3, 0.4) is 0 Å². The third-order valence-electron chi connectivity index (χ3n) is 4.86. The fourth-order valence-corrected chi connectivity index (χ4v) is 3.58. The van der Waals surface area contributed by atoms with E-state index in [1.54, 1.807) is 17.0 Å². The van der Waals surface area contributed by atoms with Gasteiger partial charge in [0.2, 0.25) is 5.91 Å². The number of carbonyl (C=O) groups excluding carboxylic acids is 2. The van der Waals surface area contributed by atoms with Gasteiger partial charge in [0.25, 0.3) is 5.91 Å². The molecule has 2 amide bonds. The van der Waals surface area contributed by atoms with Gasteiger partial charge in [0.05, 0.1) is 6.04 Å². The van der Waals surface area contributed by atoms with Crippen LogP contribution in [-0.2, 0) is 4.79 Å². The van der Waals surface area contributed by atoms with Gasteiger partial charge in [-0.15, -0.1) is 0 Å². The Morgan fingerprint density at radius 1 is 1.19 bits per heavy atom. The Morgan fingerprint density at radius 3 is 2.48 bits per heavy atom. The lowest BCUT2D eigenvalue weighted by atomic mass is 10.1. The zero-order valence-corrected chi connectivity index (χ0v) is 16.4. The number of hydrogen-bond acceptors (Lipinski definition) is 3. The second-order valence-corrected chi connectivity index (χ2v) is 7.31. The van der Waals surface area contributed by atoms with Crippen molar-refractivity contribution in [3.8, 4) is 0 Å². The largest absolute Gasteiger partial charge is 0.350 e. The van der Waals surface area contributed by atoms with E-state index in [-0.39, 0.29) is 17.9 Å². The lowest BCUT2D eigenvalue weighted by Gasteiger charge is -2.26. The fraction of sp³-hybridized carbons (Fsp3) is 0.333. The number of likely N-dealkylation sites (N-methyl/N-ethyl adjacent to an activating group) is 1. The van der Waals surface area contributed by atoms with Crippen molar-refractivity contribution in [3.05, 3.63) is 64.7 Å². The molecule has 1 atom stereocenters. The summed E-state index contributed by atoms with van der Waals surface area (Å²) in [4.78, 5) is 28.2. The minimum Gasteiger partial charge on any atom is -0.350 e. The highest BCUT2D eigenvalue weighted by atomic mass is 35.5. The summed E-state index contributed by atoms with van der Waals surface area (Å²) in [5, 5.41) is 3.67. The van der Waals surface area contributed by atoms with Crippen LogP contribution in [0.15, 0.2) is 48.5 Å². The summed E-state index contributed by atoms with van der Waals surface area (Å²) >= 11 is 6.32. The molecule has 0 saturated carbocycles. The van der Waals surface area contributed by atoms with Crippen molar-refractivity contribution in [2.45, 2.75) is 18.9 Å². The smallest absolute Gasteiger partial charge is 0.251 e. The molecule has 5 nitrogen and oxygen atoms in total. The Kier molecular flexibility index (Phi) is 6.14. The molecule has 1 aliphatic heterocycles. The van der Waals surface area contributed by atoms with Crippen LogP contribution in [0.25, 0.3) is 0 Å². The van der Waals surface area contributed by atoms with E-state index >= 15 is 0 Å². The zero-order valence-electron chi connectivity index (χ0n) is 15.6. The van der Waals surface area contributed by atoms with Crippen molar-refractivity contribution in [2.75, 3.05) is 32.1 Å². The number of carbonyl (C=O) groups is 2. The van der Waals surface area contributed by atoms with Gasteiger partial charge >= 0.3 is 0 Å². The summed E-state index contributed by atoms with van der Waals surface area (Å²) in [6.45, 7) is 1.19. The molecule has 0 radical (unpaired) electrons. The first kappa shape index (κ1) is 19.4. The number of nitrogens with one attached hydrogen (secondary N) is 1. The first-order chi connectivity index (χ1) is 13.0. The Morgan fingerprint density at radius 2 is 1.89 bits per heavy atom. The number of benzene rings is 2. The molecule has 1 fully saturated rings. The van der Waals surface area contributed by atoms with E-state index in [2.05, 4.69) is 5.32 Å². The summed E-state index contributed by atoms with van der Waals surface area (Å²) in [5.74, 6) is -0.00559. The average Bonchev–Trinajstić information content (AvgIpc) is 3.09. The second-order valence-electron chi connectivity index (χ2n) is 6.91. The molecule has 27 heavy (non-hydrogen) atoms. The van der Waals surface area contributed by atoms with E-state index in [0.29, 0.717) is 23.6 Å². The second kappa shape index (κ2) is 8.55. The highest BCUT2D eigenvalue weighted by Crippen LogP contribution is 2.26. The highest BCUT2D eigenvalue weighted by molar-refractivity contribution is 6.31. The molecule has 2 aromatic carbocycles. The van der Waals surface area contributed by atoms with Gasteiger partial charge in [-0.1, -0.05) is 29.8 Å². The third kappa shape index (κ3) is 4.49. The van der Waals surface area contributed by atoms with Gasteiger partial charge in [-0.2, -0.15) is 0 Å². The normalized spacial score (nSPS) is 15.3. The summed E-state index contributed by atoms with van der Waals surface area (Å²) in [7, 11) is 3.92. The number of anilines is 1. The van der Waals surface area contributed by atoms with Crippen LogP contribution >= 0.6 is 11.6 Å². The molecule has 142 valence electrons. The van der Waals surface area contributed by atoms with Gasteiger partial charge in [0, 0.05) is 35.8 Å². The van der Waals surface area contributed by atoms with Gasteiger partial charge < -0.3 is 15.1 Å². The maximum absolute atomic E-state index is 12.5. The SMILES string of the molecule is CN(C)C(CNC(=O)c1ccc(N2CCCC2=O)cc1)c1ccccc1Cl. The van der Waals surface area contributed by atoms with Crippen LogP contribution in [0.1, 0.15) is 34.8 Å². The molecule has 2 aromatic rings. The number of amides is 2. The van der Waals surface area contributed by atoms with Gasteiger partial charge in [-0.25, -0.2) is 0 Å². The molecular weight excluding hydrogens is 362 g/mol. The van der Waals surface area contributed by atoms with Gasteiger partial charge in [0.15, 0.2) is 0 Å². The first-order valence-corrected chi connectivity index (χ1v) is 9.44. The van der Waals surface area contributed by atoms with Crippen molar-refractivity contribution >= 4 is 29.1 Å². The topological polar surface area (TPSA) is 52.7 Å². The molecule has 6 heteroatoms. The van der Waals surface area contributed by atoms with Crippen molar-refractivity contribution in [2.24, 2.45) is 0 Å². The van der Waals surface area contributed by atoms with Gasteiger partial charge in [0.1, 0.15) is 0 Å². The average molecular weight is 386 g/mol. The van der Waals surface area contributed by atoms with Crippen LogP contribution < -0.4 is 10.2 Å². The lowest BCUT2D eigenvalue weighted by molar-refractivity contribution is -0.117. The molecule has 3 rings (SSSR count). The van der Waals surface area contributed by atoms with E-state index < -0.39 is 0 Å². The summed E-state index contributed by atoms with van der Waals surface area (Å²) in [6.07, 6.45) is 1.48. The molecule has 1 N–H and O–H groups in total. The summed E-state index contributed by atoms with van der Waals surface area (Å²) in [6, 6.07) is 14.8. The number of rotatable bonds is 6. The molecule has 0 aliphatic carbocycles. The molecule has 1 unspecified atom stereocenters. The molecule has 1 saturated heterocycles. The predicted molar refractivity (Wildman–Crippen MR) is 108 cm³/mol. The molecular formula is C21H24ClN3O2. The predicted octanol–water partition coefficient (Wildman–Crippen LogP) is 3.50. The van der Waals surface area contributed by atoms with Gasteiger partial charge in [-0.05, 0) is 56.4 Å². The third-order valence-corrected chi connectivity index (χ3v) is 5.20. The molecule has 0 spiro atoms. The van der Waals surface area contributed by atoms with E-state index in [4.69, 9.17) is 11.6 Å². The minimum absolute atomic E-state index is 0.0239. The number of nitrogens with zero attached hydrogens (tertiary/aromatic N) is 2. The van der Waals surface area contributed by atoms with Crippen LogP contribution in [-0.4, -0.2) is 43.9 Å². The maximum Gasteiger partial charge on any atom is 0.251 e. The van der Waals surface area contributed by atoms with Crippen LogP contribution in [0.5, 0.6) is 0 Å². The Bertz CT molecular complexity index is 820. The molecule has 0 aromatic heterocycles. The van der Waals surface area contributed by atoms with E-state index in [9.17, 15) is 9.59 Å². The van der Waals surface area contributed by atoms with Crippen molar-refractivity contribution in [3.63, 3.8) is 0 Å². The Balaban J connectivity index is 1.66. The van der Waals surface area contributed by atoms with Crippen LogP contribution in [0.4, 0.5) is 5.69 Å². The minimum atomic E-state index is -0.145. The van der Waals surface area contributed by atoms with Gasteiger partial charge in [-0.3, -0.25) is 9.59 Å². The highest BCUT2D eigenvalue weighted by Gasteiger charge is 2.22. The fourth-order valence-electron chi connectivity index (χ4n) is 3.32. The number of halogens is 1. The summed E-state index contributed by atoms with van der Waals surface area (Å²) < 4.78 is 0. The molecule has 1 heterocycles. The lowest BCUT2D eigenvalue weighted by Crippen LogP contribution is -2.34. The Hall–Kier alpha value is -2.37. The van der Waals surface area contributed by atoms with Crippen molar-refractivity contribution in [1.82, 2.24) is 10.2 Å². The number of hydrogen-bond donors (Lipinski definition) is 1. The van der Waals surface area contributed by atoms with Crippen molar-refractivity contribution < 1.29 is 9.59 Å². The standard InChI is InChI=1S/C21H24ClN3O2/c1-24(2)19(17-6-3-4-7-18(17)22)14-23-21(27)15-9-11-16(12-10-15)25-13-5-8-20(25)26/h3-4,6-7,9-12,19H,5,8,13-14H2,1-2H3,(H,23,27). The first-order valence-electron chi connectivity index (χ1n) is 9.07. The van der Waals surface area contributed by atoms with Crippen LogP contribution in [0, 0.1) is 0 Å².